The topological polar surface area (TPSA) is 96.7 Å². The lowest BCUT2D eigenvalue weighted by molar-refractivity contribution is 0.0946. The van der Waals surface area contributed by atoms with Crippen LogP contribution >= 0.6 is 11.3 Å². The quantitative estimate of drug-likeness (QED) is 0.700. The van der Waals surface area contributed by atoms with Crippen LogP contribution in [0.4, 0.5) is 5.13 Å². The smallest absolute Gasteiger partial charge is 0.271 e. The maximum atomic E-state index is 11.5. The van der Waals surface area contributed by atoms with Gasteiger partial charge in [-0.1, -0.05) is 0 Å². The van der Waals surface area contributed by atoms with Gasteiger partial charge in [0.25, 0.3) is 5.91 Å². The molecule has 7 heteroatoms. The first-order chi connectivity index (χ1) is 7.25. The number of nitrogens with one attached hydrogen (secondary N) is 2. The Morgan fingerprint density at radius 1 is 1.67 bits per heavy atom. The lowest BCUT2D eigenvalue weighted by Gasteiger charge is -1.99. The molecule has 0 aliphatic heterocycles. The number of nitrogen functional groups attached to an aromatic ring is 1. The maximum absolute atomic E-state index is 11.5. The summed E-state index contributed by atoms with van der Waals surface area (Å²) in [5.74, 6) is -0.238. The first-order valence-electron chi connectivity index (χ1n) is 4.22. The predicted molar refractivity (Wildman–Crippen MR) is 56.3 cm³/mol. The molecule has 0 aliphatic carbocycles. The summed E-state index contributed by atoms with van der Waals surface area (Å²) < 4.78 is 0. The van der Waals surface area contributed by atoms with Gasteiger partial charge in [0.05, 0.1) is 18.6 Å². The number of imidazole rings is 1. The van der Waals surface area contributed by atoms with Gasteiger partial charge in [-0.05, 0) is 0 Å². The number of nitrogens with zero attached hydrogens (tertiary/aromatic N) is 2. The van der Waals surface area contributed by atoms with Gasteiger partial charge in [0.2, 0.25) is 0 Å². The van der Waals surface area contributed by atoms with E-state index >= 15 is 0 Å². The van der Waals surface area contributed by atoms with Crippen molar-refractivity contribution in [2.75, 3.05) is 5.73 Å². The molecule has 0 fully saturated rings. The average molecular weight is 223 g/mol. The standard InChI is InChI=1S/C8H9N5OS/c9-8-13-6(3-15-8)7(14)11-2-5-1-10-4-12-5/h1,3-4H,2H2,(H2,9,13)(H,10,12)(H,11,14). The van der Waals surface area contributed by atoms with Crippen molar-refractivity contribution in [1.29, 1.82) is 0 Å². The summed E-state index contributed by atoms with van der Waals surface area (Å²) >= 11 is 1.24. The number of nitrogens with two attached hydrogens (primary N) is 1. The molecule has 2 heterocycles. The van der Waals surface area contributed by atoms with E-state index in [9.17, 15) is 4.79 Å². The molecule has 0 atom stereocenters. The number of thiazole rings is 1. The number of rotatable bonds is 3. The molecule has 0 saturated heterocycles. The van der Waals surface area contributed by atoms with E-state index in [2.05, 4.69) is 20.3 Å². The van der Waals surface area contributed by atoms with Crippen molar-refractivity contribution in [3.05, 3.63) is 29.3 Å². The van der Waals surface area contributed by atoms with Crippen molar-refractivity contribution in [3.63, 3.8) is 0 Å². The van der Waals surface area contributed by atoms with Gasteiger partial charge in [-0.2, -0.15) is 0 Å². The van der Waals surface area contributed by atoms with Gasteiger partial charge in [0.1, 0.15) is 5.69 Å². The second-order valence-corrected chi connectivity index (χ2v) is 3.72. The van der Waals surface area contributed by atoms with Gasteiger partial charge in [-0.3, -0.25) is 4.79 Å². The monoisotopic (exact) mass is 223 g/mol. The van der Waals surface area contributed by atoms with E-state index in [0.29, 0.717) is 17.4 Å². The largest absolute Gasteiger partial charge is 0.375 e. The number of amides is 1. The SMILES string of the molecule is Nc1nc(C(=O)NCc2cnc[nH]2)cs1. The molecule has 78 valence electrons. The summed E-state index contributed by atoms with van der Waals surface area (Å²) in [4.78, 5) is 22.1. The zero-order valence-electron chi connectivity index (χ0n) is 7.73. The van der Waals surface area contributed by atoms with Gasteiger partial charge in [0.15, 0.2) is 5.13 Å². The Morgan fingerprint density at radius 3 is 3.13 bits per heavy atom. The Balaban J connectivity index is 1.93. The van der Waals surface area contributed by atoms with Crippen LogP contribution in [0.2, 0.25) is 0 Å². The molecule has 6 nitrogen and oxygen atoms in total. The number of H-pyrrole nitrogens is 1. The van der Waals surface area contributed by atoms with Crippen LogP contribution in [0.3, 0.4) is 0 Å². The van der Waals surface area contributed by atoms with Crippen LogP contribution < -0.4 is 11.1 Å². The third-order valence-electron chi connectivity index (χ3n) is 1.75. The first-order valence-corrected chi connectivity index (χ1v) is 5.10. The molecule has 0 saturated carbocycles. The van der Waals surface area contributed by atoms with Crippen molar-refractivity contribution in [2.24, 2.45) is 0 Å². The van der Waals surface area contributed by atoms with Gasteiger partial charge >= 0.3 is 0 Å². The van der Waals surface area contributed by atoms with Crippen LogP contribution in [0, 0.1) is 0 Å². The molecule has 0 bridgehead atoms. The molecule has 4 N–H and O–H groups in total. The van der Waals surface area contributed by atoms with E-state index in [-0.39, 0.29) is 5.91 Å². The zero-order chi connectivity index (χ0) is 10.7. The molecule has 2 rings (SSSR count). The summed E-state index contributed by atoms with van der Waals surface area (Å²) in [6.45, 7) is 0.399. The Morgan fingerprint density at radius 2 is 2.53 bits per heavy atom. The highest BCUT2D eigenvalue weighted by atomic mass is 32.1. The molecule has 0 aliphatic rings. The molecular formula is C8H9N5OS. The fourth-order valence-corrected chi connectivity index (χ4v) is 1.58. The fourth-order valence-electron chi connectivity index (χ4n) is 1.04. The number of carbonyl (C=O) groups is 1. The molecule has 0 unspecified atom stereocenters. The van der Waals surface area contributed by atoms with Crippen LogP contribution in [0.15, 0.2) is 17.9 Å². The molecular weight excluding hydrogens is 214 g/mol. The number of aromatic nitrogens is 3. The van der Waals surface area contributed by atoms with E-state index in [1.807, 2.05) is 0 Å². The molecule has 0 spiro atoms. The average Bonchev–Trinajstić information content (AvgIpc) is 2.84. The number of hydrogen-bond donors (Lipinski definition) is 3. The Hall–Kier alpha value is -1.89. The second kappa shape index (κ2) is 4.09. The van der Waals surface area contributed by atoms with Crippen LogP contribution in [-0.2, 0) is 6.54 Å². The highest BCUT2D eigenvalue weighted by molar-refractivity contribution is 7.13. The first kappa shape index (κ1) is 9.66. The van der Waals surface area contributed by atoms with E-state index in [1.54, 1.807) is 17.9 Å². The number of carbonyl (C=O) groups excluding carboxylic acids is 1. The third kappa shape index (κ3) is 2.32. The summed E-state index contributed by atoms with van der Waals surface area (Å²) in [5.41, 5.74) is 6.60. The molecule has 2 aromatic heterocycles. The van der Waals surface area contributed by atoms with E-state index in [4.69, 9.17) is 5.73 Å². The number of hydrogen-bond acceptors (Lipinski definition) is 5. The third-order valence-corrected chi connectivity index (χ3v) is 2.42. The van der Waals surface area contributed by atoms with E-state index in [1.165, 1.54) is 11.3 Å². The lowest BCUT2D eigenvalue weighted by Crippen LogP contribution is -2.23. The summed E-state index contributed by atoms with van der Waals surface area (Å²) in [5, 5.41) is 4.71. The van der Waals surface area contributed by atoms with Crippen molar-refractivity contribution < 1.29 is 4.79 Å². The highest BCUT2D eigenvalue weighted by Gasteiger charge is 2.08. The van der Waals surface area contributed by atoms with Gasteiger partial charge in [-0.15, -0.1) is 11.3 Å². The minimum atomic E-state index is -0.238. The van der Waals surface area contributed by atoms with Crippen molar-refractivity contribution >= 4 is 22.4 Å². The van der Waals surface area contributed by atoms with Crippen LogP contribution in [0.1, 0.15) is 16.2 Å². The maximum Gasteiger partial charge on any atom is 0.271 e. The number of aromatic amines is 1. The van der Waals surface area contributed by atoms with E-state index < -0.39 is 0 Å². The molecule has 2 aromatic rings. The fraction of sp³-hybridized carbons (Fsp3) is 0.125. The van der Waals surface area contributed by atoms with Crippen molar-refractivity contribution in [3.8, 4) is 0 Å². The molecule has 15 heavy (non-hydrogen) atoms. The van der Waals surface area contributed by atoms with Gasteiger partial charge in [-0.25, -0.2) is 9.97 Å². The van der Waals surface area contributed by atoms with Crippen LogP contribution in [-0.4, -0.2) is 20.9 Å². The van der Waals surface area contributed by atoms with Crippen molar-refractivity contribution in [1.82, 2.24) is 20.3 Å². The highest BCUT2D eigenvalue weighted by Crippen LogP contribution is 2.10. The molecule has 0 radical (unpaired) electrons. The van der Waals surface area contributed by atoms with Gasteiger partial charge < -0.3 is 16.0 Å². The summed E-state index contributed by atoms with van der Waals surface area (Å²) in [6, 6.07) is 0. The Kier molecular flexibility index (Phi) is 2.64. The van der Waals surface area contributed by atoms with Crippen LogP contribution in [0.5, 0.6) is 0 Å². The lowest BCUT2D eigenvalue weighted by atomic mass is 10.4. The zero-order valence-corrected chi connectivity index (χ0v) is 8.54. The molecule has 0 aromatic carbocycles. The normalized spacial score (nSPS) is 10.1. The Bertz CT molecular complexity index is 449. The Labute approximate surface area is 89.6 Å². The predicted octanol–water partition coefficient (Wildman–Crippen LogP) is 0.378. The molecule has 1 amide bonds. The van der Waals surface area contributed by atoms with Crippen LogP contribution in [0.25, 0.3) is 0 Å². The van der Waals surface area contributed by atoms with E-state index in [0.717, 1.165) is 5.69 Å². The van der Waals surface area contributed by atoms with Crippen molar-refractivity contribution in [2.45, 2.75) is 6.54 Å². The minimum Gasteiger partial charge on any atom is -0.375 e. The summed E-state index contributed by atoms with van der Waals surface area (Å²) in [6.07, 6.45) is 3.21. The summed E-state index contributed by atoms with van der Waals surface area (Å²) in [7, 11) is 0. The minimum absolute atomic E-state index is 0.238. The second-order valence-electron chi connectivity index (χ2n) is 2.83. The number of anilines is 1. The van der Waals surface area contributed by atoms with Gasteiger partial charge in [0, 0.05) is 11.6 Å².